The van der Waals surface area contributed by atoms with Gasteiger partial charge in [0.15, 0.2) is 0 Å². The van der Waals surface area contributed by atoms with Gasteiger partial charge in [-0.05, 0) is 87.9 Å². The number of aliphatic hydroxyl groups excluding tert-OH is 1. The summed E-state index contributed by atoms with van der Waals surface area (Å²) in [5.74, 6) is 1.64. The van der Waals surface area contributed by atoms with Gasteiger partial charge in [0.1, 0.15) is 17.6 Å². The van der Waals surface area contributed by atoms with Crippen LogP contribution in [0.5, 0.6) is 0 Å². The predicted octanol–water partition coefficient (Wildman–Crippen LogP) is 4.52. The molecule has 20 heavy (non-hydrogen) atoms. The smallest absolute Gasteiger partial charge is 0.108 e. The molecule has 0 aliphatic carbocycles. The molecule has 1 heterocycles. The molecule has 2 aromatic rings. The minimum Gasteiger partial charge on any atom is -0.466 e. The Bertz CT molecular complexity index is 634. The second-order valence-corrected chi connectivity index (χ2v) is 5.81. The number of furan rings is 1. The Morgan fingerprint density at radius 3 is 1.65 bits per heavy atom. The van der Waals surface area contributed by atoms with Gasteiger partial charge in [-0.1, -0.05) is 0 Å². The van der Waals surface area contributed by atoms with Crippen LogP contribution in [0.3, 0.4) is 0 Å². The third-order valence-corrected chi connectivity index (χ3v) is 4.71. The zero-order valence-corrected chi connectivity index (χ0v) is 13.5. The van der Waals surface area contributed by atoms with Gasteiger partial charge in [0, 0.05) is 5.56 Å². The van der Waals surface area contributed by atoms with E-state index in [1.54, 1.807) is 0 Å². The number of rotatable bonds is 2. The van der Waals surface area contributed by atoms with Crippen molar-refractivity contribution in [3.8, 4) is 0 Å². The van der Waals surface area contributed by atoms with Crippen molar-refractivity contribution in [3.63, 3.8) is 0 Å². The molecule has 1 unspecified atom stereocenters. The van der Waals surface area contributed by atoms with Crippen LogP contribution in [0, 0.1) is 48.5 Å². The molecule has 0 aliphatic heterocycles. The van der Waals surface area contributed by atoms with Crippen LogP contribution in [0.15, 0.2) is 10.5 Å². The fourth-order valence-electron chi connectivity index (χ4n) is 3.02. The molecular weight excluding hydrogens is 248 g/mol. The van der Waals surface area contributed by atoms with Gasteiger partial charge in [-0.3, -0.25) is 0 Å². The van der Waals surface area contributed by atoms with Gasteiger partial charge in [0.05, 0.1) is 0 Å². The van der Waals surface area contributed by atoms with Crippen LogP contribution >= 0.6 is 0 Å². The van der Waals surface area contributed by atoms with E-state index >= 15 is 0 Å². The largest absolute Gasteiger partial charge is 0.466 e. The van der Waals surface area contributed by atoms with Gasteiger partial charge < -0.3 is 9.52 Å². The van der Waals surface area contributed by atoms with Crippen LogP contribution in [0.25, 0.3) is 0 Å². The normalized spacial score (nSPS) is 12.8. The average molecular weight is 272 g/mol. The van der Waals surface area contributed by atoms with Crippen LogP contribution in [0.4, 0.5) is 0 Å². The number of aliphatic hydroxyl groups is 1. The summed E-state index contributed by atoms with van der Waals surface area (Å²) in [5, 5.41) is 10.8. The van der Waals surface area contributed by atoms with Crippen molar-refractivity contribution in [2.75, 3.05) is 0 Å². The minimum absolute atomic E-state index is 0.620. The highest BCUT2D eigenvalue weighted by molar-refractivity contribution is 5.52. The lowest BCUT2D eigenvalue weighted by atomic mass is 9.85. The molecule has 0 radical (unpaired) electrons. The van der Waals surface area contributed by atoms with E-state index in [4.69, 9.17) is 4.42 Å². The van der Waals surface area contributed by atoms with E-state index < -0.39 is 6.10 Å². The van der Waals surface area contributed by atoms with Gasteiger partial charge in [-0.2, -0.15) is 0 Å². The lowest BCUT2D eigenvalue weighted by Crippen LogP contribution is -2.09. The van der Waals surface area contributed by atoms with Crippen molar-refractivity contribution in [2.45, 2.75) is 54.6 Å². The molecule has 1 atom stereocenters. The molecule has 0 amide bonds. The fraction of sp³-hybridized carbons (Fsp3) is 0.444. The minimum atomic E-state index is -0.620. The molecule has 1 aromatic heterocycles. The molecular formula is C18H24O2. The van der Waals surface area contributed by atoms with E-state index in [-0.39, 0.29) is 0 Å². The zero-order valence-electron chi connectivity index (χ0n) is 13.5. The summed E-state index contributed by atoms with van der Waals surface area (Å²) in [6.07, 6.45) is -0.620. The monoisotopic (exact) mass is 272 g/mol. The number of benzene rings is 1. The molecule has 0 aliphatic rings. The van der Waals surface area contributed by atoms with Crippen LogP contribution in [0.2, 0.25) is 0 Å². The number of aryl methyl sites for hydroxylation is 2. The van der Waals surface area contributed by atoms with Crippen LogP contribution in [-0.2, 0) is 0 Å². The molecule has 0 saturated carbocycles. The summed E-state index contributed by atoms with van der Waals surface area (Å²) in [7, 11) is 0. The summed E-state index contributed by atoms with van der Waals surface area (Å²) < 4.78 is 5.56. The Kier molecular flexibility index (Phi) is 3.79. The standard InChI is InChI=1S/C18H24O2/c1-9-8-16(15(7)20-9)18(19)17-13(5)11(3)10(2)12(4)14(17)6/h8,18-19H,1-7H3. The van der Waals surface area contributed by atoms with E-state index in [9.17, 15) is 5.11 Å². The highest BCUT2D eigenvalue weighted by atomic mass is 16.3. The van der Waals surface area contributed by atoms with Crippen molar-refractivity contribution in [2.24, 2.45) is 0 Å². The van der Waals surface area contributed by atoms with E-state index in [0.29, 0.717) is 0 Å². The molecule has 108 valence electrons. The molecule has 2 heteroatoms. The summed E-state index contributed by atoms with van der Waals surface area (Å²) in [6, 6.07) is 1.93. The molecule has 2 nitrogen and oxygen atoms in total. The highest BCUT2D eigenvalue weighted by Crippen LogP contribution is 2.35. The van der Waals surface area contributed by atoms with Crippen LogP contribution in [0.1, 0.15) is 56.6 Å². The van der Waals surface area contributed by atoms with Crippen LogP contribution < -0.4 is 0 Å². The summed E-state index contributed by atoms with van der Waals surface area (Å²) >= 11 is 0. The van der Waals surface area contributed by atoms with Gasteiger partial charge >= 0.3 is 0 Å². The molecule has 0 spiro atoms. The molecule has 0 fully saturated rings. The molecule has 0 saturated heterocycles. The quantitative estimate of drug-likeness (QED) is 0.872. The maximum Gasteiger partial charge on any atom is 0.108 e. The predicted molar refractivity (Wildman–Crippen MR) is 82.4 cm³/mol. The third-order valence-electron chi connectivity index (χ3n) is 4.71. The first-order valence-corrected chi connectivity index (χ1v) is 7.07. The van der Waals surface area contributed by atoms with E-state index in [1.807, 2.05) is 19.9 Å². The third kappa shape index (κ3) is 2.18. The van der Waals surface area contributed by atoms with E-state index in [0.717, 1.165) is 22.6 Å². The SMILES string of the molecule is Cc1cc(C(O)c2c(C)c(C)c(C)c(C)c2C)c(C)o1. The Hall–Kier alpha value is -1.54. The topological polar surface area (TPSA) is 33.4 Å². The average Bonchev–Trinajstić information content (AvgIpc) is 2.73. The number of hydrogen-bond acceptors (Lipinski definition) is 2. The van der Waals surface area contributed by atoms with Gasteiger partial charge in [0.2, 0.25) is 0 Å². The molecule has 1 aromatic carbocycles. The molecule has 1 N–H and O–H groups in total. The lowest BCUT2D eigenvalue weighted by molar-refractivity contribution is 0.216. The molecule has 2 rings (SSSR count). The first-order chi connectivity index (χ1) is 9.25. The van der Waals surface area contributed by atoms with E-state index in [2.05, 4.69) is 34.6 Å². The van der Waals surface area contributed by atoms with Gasteiger partial charge in [0.25, 0.3) is 0 Å². The van der Waals surface area contributed by atoms with Crippen LogP contribution in [-0.4, -0.2) is 5.11 Å². The van der Waals surface area contributed by atoms with Crippen molar-refractivity contribution in [3.05, 3.63) is 56.5 Å². The fourth-order valence-corrected chi connectivity index (χ4v) is 3.02. The second kappa shape index (κ2) is 5.10. The van der Waals surface area contributed by atoms with Crippen molar-refractivity contribution in [1.29, 1.82) is 0 Å². The van der Waals surface area contributed by atoms with Gasteiger partial charge in [-0.15, -0.1) is 0 Å². The Morgan fingerprint density at radius 1 is 0.800 bits per heavy atom. The summed E-state index contributed by atoms with van der Waals surface area (Å²) in [5.41, 5.74) is 8.09. The number of hydrogen-bond donors (Lipinski definition) is 1. The summed E-state index contributed by atoms with van der Waals surface area (Å²) in [6.45, 7) is 14.4. The van der Waals surface area contributed by atoms with Crippen molar-refractivity contribution in [1.82, 2.24) is 0 Å². The summed E-state index contributed by atoms with van der Waals surface area (Å²) in [4.78, 5) is 0. The van der Waals surface area contributed by atoms with E-state index in [1.165, 1.54) is 27.8 Å². The van der Waals surface area contributed by atoms with Crippen molar-refractivity contribution >= 4 is 0 Å². The Labute approximate surface area is 121 Å². The van der Waals surface area contributed by atoms with Crippen molar-refractivity contribution < 1.29 is 9.52 Å². The second-order valence-electron chi connectivity index (χ2n) is 5.81. The lowest BCUT2D eigenvalue weighted by Gasteiger charge is -2.22. The maximum atomic E-state index is 10.8. The first kappa shape index (κ1) is 14.9. The first-order valence-electron chi connectivity index (χ1n) is 7.07. The Balaban J connectivity index is 2.67. The Morgan fingerprint density at radius 2 is 1.25 bits per heavy atom. The highest BCUT2D eigenvalue weighted by Gasteiger charge is 2.23. The zero-order chi connectivity index (χ0) is 15.2. The maximum absolute atomic E-state index is 10.8. The molecule has 0 bridgehead atoms. The van der Waals surface area contributed by atoms with Gasteiger partial charge in [-0.25, -0.2) is 0 Å².